The number of esters is 1. The molecule has 7 nitrogen and oxygen atoms in total. The first kappa shape index (κ1) is 20.6. The molecule has 32 heavy (non-hydrogen) atoms. The van der Waals surface area contributed by atoms with E-state index in [1.807, 2.05) is 67.6 Å². The summed E-state index contributed by atoms with van der Waals surface area (Å²) in [6.07, 6.45) is -0.555. The molecule has 1 saturated heterocycles. The van der Waals surface area contributed by atoms with E-state index in [2.05, 4.69) is 15.6 Å². The average molecular weight is 449 g/mol. The molecule has 0 aliphatic carbocycles. The predicted octanol–water partition coefficient (Wildman–Crippen LogP) is 2.43. The van der Waals surface area contributed by atoms with Crippen molar-refractivity contribution in [3.63, 3.8) is 0 Å². The van der Waals surface area contributed by atoms with Gasteiger partial charge in [-0.15, -0.1) is 11.8 Å². The summed E-state index contributed by atoms with van der Waals surface area (Å²) in [5.74, 6) is 0.694. The van der Waals surface area contributed by atoms with Crippen LogP contribution in [0, 0.1) is 0 Å². The summed E-state index contributed by atoms with van der Waals surface area (Å²) in [5, 5.41) is 6.15. The van der Waals surface area contributed by atoms with Gasteiger partial charge in [0.05, 0.1) is 6.54 Å². The number of nitrogens with zero attached hydrogens (tertiary/aromatic N) is 2. The Hall–Kier alpha value is -3.26. The summed E-state index contributed by atoms with van der Waals surface area (Å²) in [6.45, 7) is 3.35. The van der Waals surface area contributed by atoms with Gasteiger partial charge in [0.1, 0.15) is 17.1 Å². The second-order valence-electron chi connectivity index (χ2n) is 7.92. The topological polar surface area (TPSA) is 83.0 Å². The number of rotatable bonds is 5. The lowest BCUT2D eigenvalue weighted by Gasteiger charge is -2.49. The minimum atomic E-state index is -0.555. The molecule has 0 aromatic heterocycles. The predicted molar refractivity (Wildman–Crippen MR) is 124 cm³/mol. The molecule has 2 aromatic carbocycles. The summed E-state index contributed by atoms with van der Waals surface area (Å²) >= 11 is 1.64. The Morgan fingerprint density at radius 1 is 1.16 bits per heavy atom. The summed E-state index contributed by atoms with van der Waals surface area (Å²) in [5.41, 5.74) is 2.97. The fraction of sp³-hybridized carbons (Fsp3) is 0.292. The van der Waals surface area contributed by atoms with Crippen LogP contribution in [0.25, 0.3) is 0 Å². The molecule has 1 fully saturated rings. The van der Waals surface area contributed by atoms with Crippen molar-refractivity contribution in [2.24, 2.45) is 4.99 Å². The fourth-order valence-corrected chi connectivity index (χ4v) is 5.44. The van der Waals surface area contributed by atoms with Crippen LogP contribution in [0.4, 0.5) is 0 Å². The molecule has 2 N–H and O–H groups in total. The standard InChI is InChI=1S/C24H24N4O3S/c1-15-14-32-22-18(27-24-25-12-13-26-24)21(29)28(22)19(15)23(30)31-20(16-8-4-2-5-9-16)17-10-6-3-7-11-17/h2-11,18,20,22H,12-14H2,1H3,(H2,25,26,27)/t18-,22?/m1/s1. The quantitative estimate of drug-likeness (QED) is 0.540. The van der Waals surface area contributed by atoms with Gasteiger partial charge in [0.15, 0.2) is 12.1 Å². The van der Waals surface area contributed by atoms with Crippen molar-refractivity contribution >= 4 is 29.6 Å². The molecule has 3 aliphatic heterocycles. The number of carbonyl (C=O) groups is 2. The van der Waals surface area contributed by atoms with Crippen LogP contribution in [0.3, 0.4) is 0 Å². The number of carbonyl (C=O) groups excluding carboxylic acids is 2. The van der Waals surface area contributed by atoms with Gasteiger partial charge >= 0.3 is 5.97 Å². The molecule has 5 rings (SSSR count). The molecule has 0 bridgehead atoms. The van der Waals surface area contributed by atoms with Gasteiger partial charge in [-0.2, -0.15) is 0 Å². The first-order chi connectivity index (χ1) is 15.6. The normalized spacial score (nSPS) is 22.1. The van der Waals surface area contributed by atoms with Crippen LogP contribution < -0.4 is 10.6 Å². The van der Waals surface area contributed by atoms with Gasteiger partial charge in [-0.05, 0) is 23.6 Å². The lowest BCUT2D eigenvalue weighted by molar-refractivity contribution is -0.153. The van der Waals surface area contributed by atoms with Crippen LogP contribution in [0.1, 0.15) is 24.2 Å². The largest absolute Gasteiger partial charge is 0.448 e. The zero-order valence-corrected chi connectivity index (χ0v) is 18.5. The molecule has 2 atom stereocenters. The molecule has 164 valence electrons. The zero-order chi connectivity index (χ0) is 22.1. The average Bonchev–Trinajstić information content (AvgIpc) is 3.35. The van der Waals surface area contributed by atoms with Crippen molar-refractivity contribution in [3.05, 3.63) is 83.1 Å². The number of aliphatic imine (C=N–C) groups is 1. The maximum absolute atomic E-state index is 13.4. The molecule has 3 heterocycles. The van der Waals surface area contributed by atoms with Gasteiger partial charge < -0.3 is 15.4 Å². The van der Waals surface area contributed by atoms with Gasteiger partial charge in [-0.25, -0.2) is 4.79 Å². The Kier molecular flexibility index (Phi) is 5.61. The van der Waals surface area contributed by atoms with Gasteiger partial charge in [-0.1, -0.05) is 60.7 Å². The number of hydrogen-bond donors (Lipinski definition) is 2. The maximum Gasteiger partial charge on any atom is 0.356 e. The van der Waals surface area contributed by atoms with E-state index in [4.69, 9.17) is 4.74 Å². The van der Waals surface area contributed by atoms with E-state index in [0.717, 1.165) is 23.2 Å². The number of amides is 1. The molecule has 1 unspecified atom stereocenters. The minimum Gasteiger partial charge on any atom is -0.448 e. The zero-order valence-electron chi connectivity index (χ0n) is 17.7. The van der Waals surface area contributed by atoms with E-state index in [-0.39, 0.29) is 11.3 Å². The molecular formula is C24H24N4O3S. The third kappa shape index (κ3) is 3.75. The summed E-state index contributed by atoms with van der Waals surface area (Å²) in [7, 11) is 0. The second kappa shape index (κ2) is 8.70. The number of hydrogen-bond acceptors (Lipinski definition) is 7. The number of fused-ring (bicyclic) bond motifs is 1. The van der Waals surface area contributed by atoms with E-state index >= 15 is 0 Å². The van der Waals surface area contributed by atoms with Gasteiger partial charge in [0, 0.05) is 12.3 Å². The minimum absolute atomic E-state index is 0.138. The molecule has 0 saturated carbocycles. The highest BCUT2D eigenvalue weighted by Crippen LogP contribution is 2.41. The lowest BCUT2D eigenvalue weighted by Crippen LogP contribution is -2.71. The number of ether oxygens (including phenoxy) is 1. The van der Waals surface area contributed by atoms with Crippen molar-refractivity contribution in [2.75, 3.05) is 18.8 Å². The fourth-order valence-electron chi connectivity index (χ4n) is 4.15. The first-order valence-electron chi connectivity index (χ1n) is 10.6. The van der Waals surface area contributed by atoms with Crippen molar-refractivity contribution in [2.45, 2.75) is 24.4 Å². The van der Waals surface area contributed by atoms with Crippen molar-refractivity contribution in [3.8, 4) is 0 Å². The lowest BCUT2D eigenvalue weighted by atomic mass is 10.0. The highest BCUT2D eigenvalue weighted by atomic mass is 32.2. The molecule has 1 amide bonds. The van der Waals surface area contributed by atoms with Crippen molar-refractivity contribution < 1.29 is 14.3 Å². The van der Waals surface area contributed by atoms with Gasteiger partial charge in [-0.3, -0.25) is 14.7 Å². The van der Waals surface area contributed by atoms with Crippen LogP contribution in [0.2, 0.25) is 0 Å². The number of guanidine groups is 1. The number of β-lactam (4-membered cyclic amide) rings is 1. The Balaban J connectivity index is 1.38. The first-order valence-corrected chi connectivity index (χ1v) is 11.7. The van der Waals surface area contributed by atoms with Crippen molar-refractivity contribution in [1.29, 1.82) is 0 Å². The van der Waals surface area contributed by atoms with E-state index in [1.165, 1.54) is 0 Å². The maximum atomic E-state index is 13.4. The third-order valence-electron chi connectivity index (χ3n) is 5.75. The van der Waals surface area contributed by atoms with Crippen molar-refractivity contribution in [1.82, 2.24) is 15.5 Å². The Labute approximate surface area is 190 Å². The molecule has 2 aromatic rings. The smallest absolute Gasteiger partial charge is 0.356 e. The summed E-state index contributed by atoms with van der Waals surface area (Å²) in [6, 6.07) is 18.9. The molecule has 3 aliphatic rings. The molecule has 0 radical (unpaired) electrons. The highest BCUT2D eigenvalue weighted by Gasteiger charge is 2.54. The molecular weight excluding hydrogens is 424 g/mol. The summed E-state index contributed by atoms with van der Waals surface area (Å²) < 4.78 is 6.05. The highest BCUT2D eigenvalue weighted by molar-refractivity contribution is 8.00. The van der Waals surface area contributed by atoms with Crippen LogP contribution in [0.5, 0.6) is 0 Å². The van der Waals surface area contributed by atoms with Gasteiger partial charge in [0.25, 0.3) is 5.91 Å². The monoisotopic (exact) mass is 448 g/mol. The molecule has 8 heteroatoms. The van der Waals surface area contributed by atoms with E-state index in [1.54, 1.807) is 16.7 Å². The van der Waals surface area contributed by atoms with Crippen LogP contribution >= 0.6 is 11.8 Å². The van der Waals surface area contributed by atoms with E-state index in [9.17, 15) is 9.59 Å². The number of thioether (sulfide) groups is 1. The summed E-state index contributed by atoms with van der Waals surface area (Å²) in [4.78, 5) is 32.3. The number of nitrogens with one attached hydrogen (secondary N) is 2. The van der Waals surface area contributed by atoms with Crippen LogP contribution in [-0.4, -0.2) is 53.0 Å². The SMILES string of the molecule is CC1=C(C(=O)OC(c2ccccc2)c2ccccc2)N2C(=O)[C@@H](NC3=NCCN3)C2SC1. The van der Waals surface area contributed by atoms with E-state index < -0.39 is 18.1 Å². The third-order valence-corrected chi connectivity index (χ3v) is 7.17. The van der Waals surface area contributed by atoms with Crippen LogP contribution in [-0.2, 0) is 14.3 Å². The van der Waals surface area contributed by atoms with E-state index in [0.29, 0.717) is 24.0 Å². The Morgan fingerprint density at radius 2 is 1.81 bits per heavy atom. The van der Waals surface area contributed by atoms with Crippen LogP contribution in [0.15, 0.2) is 76.9 Å². The molecule has 0 spiro atoms. The second-order valence-corrected chi connectivity index (χ2v) is 9.03. The number of benzene rings is 2. The Morgan fingerprint density at radius 3 is 2.41 bits per heavy atom. The van der Waals surface area contributed by atoms with Gasteiger partial charge in [0.2, 0.25) is 0 Å². The Bertz CT molecular complexity index is 1050.